The van der Waals surface area contributed by atoms with Crippen LogP contribution in [0.4, 0.5) is 48.3 Å². The van der Waals surface area contributed by atoms with Crippen molar-refractivity contribution in [2.75, 3.05) is 0 Å². The molecule has 0 aliphatic rings. The lowest BCUT2D eigenvalue weighted by Crippen LogP contribution is -2.71. The molecule has 0 aliphatic heterocycles. The fourth-order valence-corrected chi connectivity index (χ4v) is 1.41. The first-order chi connectivity index (χ1) is 11.1. The Morgan fingerprint density at radius 2 is 1.08 bits per heavy atom. The number of ether oxygens (including phenoxy) is 1. The number of halogens is 11. The van der Waals surface area contributed by atoms with Crippen LogP contribution in [0, 0.1) is 29.1 Å². The highest BCUT2D eigenvalue weighted by molar-refractivity contribution is 5.81. The maximum Gasteiger partial charge on any atom is 0.399 e. The topological polar surface area (TPSA) is 49.4 Å². The van der Waals surface area contributed by atoms with Gasteiger partial charge in [-0.25, -0.2) is 22.0 Å². The van der Waals surface area contributed by atoms with Gasteiger partial charge in [-0.2, -0.15) is 26.3 Å². The van der Waals surface area contributed by atoms with Gasteiger partial charge >= 0.3 is 18.3 Å². The maximum atomic E-state index is 13.2. The second-order valence-corrected chi connectivity index (χ2v) is 4.30. The van der Waals surface area contributed by atoms with Gasteiger partial charge in [0, 0.05) is 0 Å². The summed E-state index contributed by atoms with van der Waals surface area (Å²) in [6.07, 6.45) is -13.5. The van der Waals surface area contributed by atoms with Crippen LogP contribution < -0.4 is 5.11 Å². The lowest BCUT2D eigenvalue weighted by molar-refractivity contribution is -0.574. The van der Waals surface area contributed by atoms with Crippen LogP contribution >= 0.6 is 0 Å². The van der Waals surface area contributed by atoms with E-state index in [1.165, 1.54) is 0 Å². The van der Waals surface area contributed by atoms with Gasteiger partial charge in [-0.05, 0) is 0 Å². The van der Waals surface area contributed by atoms with Crippen molar-refractivity contribution >= 4 is 5.97 Å². The molecular weight excluding hydrogens is 389 g/mol. The Kier molecular flexibility index (Phi) is 5.28. The molecule has 14 heteroatoms. The first kappa shape index (κ1) is 20.9. The number of esters is 1. The molecule has 0 saturated carbocycles. The highest BCUT2D eigenvalue weighted by atomic mass is 19.4. The molecule has 0 amide bonds. The molecule has 0 spiro atoms. The molecule has 0 bridgehead atoms. The van der Waals surface area contributed by atoms with Crippen molar-refractivity contribution < 1.29 is 62.9 Å². The van der Waals surface area contributed by atoms with Gasteiger partial charge in [0.2, 0.25) is 5.82 Å². The number of hydrogen-bond donors (Lipinski definition) is 0. The van der Waals surface area contributed by atoms with Crippen molar-refractivity contribution in [3.63, 3.8) is 0 Å². The Labute approximate surface area is 129 Å². The van der Waals surface area contributed by atoms with Crippen molar-refractivity contribution in [2.24, 2.45) is 0 Å². The third kappa shape index (κ3) is 3.34. The highest BCUT2D eigenvalue weighted by Gasteiger charge is 2.68. The molecule has 0 saturated heterocycles. The Morgan fingerprint density at radius 1 is 0.760 bits per heavy atom. The van der Waals surface area contributed by atoms with E-state index < -0.39 is 65.2 Å². The molecule has 0 aromatic heterocycles. The number of carbonyl (C=O) groups is 1. The molecule has 0 atom stereocenters. The third-order valence-corrected chi connectivity index (χ3v) is 2.73. The van der Waals surface area contributed by atoms with Crippen molar-refractivity contribution in [1.29, 1.82) is 0 Å². The zero-order valence-electron chi connectivity index (χ0n) is 11.1. The minimum absolute atomic E-state index is 2.04. The van der Waals surface area contributed by atoms with Crippen LogP contribution in [0.25, 0.3) is 0 Å². The Balaban J connectivity index is 3.24. The number of benzene rings is 1. The molecule has 3 nitrogen and oxygen atoms in total. The minimum Gasteiger partial charge on any atom is -0.828 e. The average molecular weight is 391 g/mol. The maximum absolute atomic E-state index is 13.2. The summed E-state index contributed by atoms with van der Waals surface area (Å²) in [4.78, 5) is 10.9. The van der Waals surface area contributed by atoms with Crippen molar-refractivity contribution in [1.82, 2.24) is 0 Å². The quantitative estimate of drug-likeness (QED) is 0.345. The van der Waals surface area contributed by atoms with E-state index in [1.807, 2.05) is 0 Å². The summed E-state index contributed by atoms with van der Waals surface area (Å²) in [5.41, 5.74) is -8.37. The molecule has 142 valence electrons. The summed E-state index contributed by atoms with van der Waals surface area (Å²) in [5, 5.41) is 10.9. The van der Waals surface area contributed by atoms with E-state index in [9.17, 15) is 58.2 Å². The monoisotopic (exact) mass is 391 g/mol. The normalized spacial score (nSPS) is 13.1. The van der Waals surface area contributed by atoms with Gasteiger partial charge in [0.1, 0.15) is 6.61 Å². The molecule has 0 aliphatic carbocycles. The second-order valence-electron chi connectivity index (χ2n) is 4.30. The SMILES string of the molecule is O=C(OCc1c(F)c(F)c(F)c(F)c1F)C([O-])(C(F)(F)F)C(F)(F)F. The summed E-state index contributed by atoms with van der Waals surface area (Å²) >= 11 is 0. The van der Waals surface area contributed by atoms with E-state index in [2.05, 4.69) is 4.74 Å². The molecule has 1 aromatic carbocycles. The van der Waals surface area contributed by atoms with Crippen LogP contribution in [0.1, 0.15) is 5.56 Å². The van der Waals surface area contributed by atoms with E-state index in [1.54, 1.807) is 0 Å². The van der Waals surface area contributed by atoms with Gasteiger partial charge in [-0.15, -0.1) is 0 Å². The van der Waals surface area contributed by atoms with E-state index in [4.69, 9.17) is 0 Å². The summed E-state index contributed by atoms with van der Waals surface area (Å²) in [7, 11) is 0. The van der Waals surface area contributed by atoms with Crippen LogP contribution in [0.3, 0.4) is 0 Å². The van der Waals surface area contributed by atoms with Crippen molar-refractivity contribution in [2.45, 2.75) is 24.6 Å². The molecule has 0 fully saturated rings. The molecule has 0 N–H and O–H groups in total. The standard InChI is InChI=1S/C11H2F11O3/c12-3-2(4(13)6(15)7(16)5(3)14)1-25-8(23)9(24,10(17,18)19)11(20,21)22/h1H2/q-1. The predicted octanol–water partition coefficient (Wildman–Crippen LogP) is 2.65. The number of rotatable bonds is 3. The smallest absolute Gasteiger partial charge is 0.399 e. The molecule has 1 rings (SSSR count). The van der Waals surface area contributed by atoms with Gasteiger partial charge in [-0.3, -0.25) is 4.79 Å². The van der Waals surface area contributed by atoms with Gasteiger partial charge in [0.15, 0.2) is 28.9 Å². The van der Waals surface area contributed by atoms with Crippen LogP contribution in [0.5, 0.6) is 0 Å². The van der Waals surface area contributed by atoms with Crippen molar-refractivity contribution in [3.05, 3.63) is 34.6 Å². The minimum atomic E-state index is -6.77. The fraction of sp³-hybridized carbons (Fsp3) is 0.364. The van der Waals surface area contributed by atoms with Gasteiger partial charge in [0.25, 0.3) is 0 Å². The summed E-state index contributed by atoms with van der Waals surface area (Å²) in [6.45, 7) is -2.25. The average Bonchev–Trinajstić information content (AvgIpc) is 2.47. The highest BCUT2D eigenvalue weighted by Crippen LogP contribution is 2.42. The number of carbonyl (C=O) groups excluding carboxylic acids is 1. The van der Waals surface area contributed by atoms with Gasteiger partial charge < -0.3 is 9.84 Å². The van der Waals surface area contributed by atoms with Crippen molar-refractivity contribution in [3.8, 4) is 0 Å². The zero-order chi connectivity index (χ0) is 20.0. The zero-order valence-corrected chi connectivity index (χ0v) is 11.1. The Hall–Kier alpha value is -2.12. The molecular formula is C11H2F11O3-. The lowest BCUT2D eigenvalue weighted by atomic mass is 10.0. The van der Waals surface area contributed by atoms with Crippen LogP contribution in [-0.2, 0) is 16.1 Å². The Morgan fingerprint density at radius 3 is 1.40 bits per heavy atom. The van der Waals surface area contributed by atoms with E-state index >= 15 is 0 Å². The van der Waals surface area contributed by atoms with Gasteiger partial charge in [-0.1, -0.05) is 0 Å². The summed E-state index contributed by atoms with van der Waals surface area (Å²) in [6, 6.07) is 0. The molecule has 25 heavy (non-hydrogen) atoms. The predicted molar refractivity (Wildman–Crippen MR) is 50.9 cm³/mol. The first-order valence-corrected chi connectivity index (χ1v) is 5.58. The molecule has 0 unspecified atom stereocenters. The Bertz CT molecular complexity index is 649. The van der Waals surface area contributed by atoms with E-state index in [-0.39, 0.29) is 0 Å². The molecule has 1 aromatic rings. The number of hydrogen-bond acceptors (Lipinski definition) is 3. The van der Waals surface area contributed by atoms with Crippen LogP contribution in [0.2, 0.25) is 0 Å². The number of alkyl halides is 6. The first-order valence-electron chi connectivity index (χ1n) is 5.58. The van der Waals surface area contributed by atoms with E-state index in [0.29, 0.717) is 0 Å². The largest absolute Gasteiger partial charge is 0.828 e. The van der Waals surface area contributed by atoms with Crippen LogP contribution in [0.15, 0.2) is 0 Å². The lowest BCUT2D eigenvalue weighted by Gasteiger charge is -2.40. The molecule has 0 radical (unpaired) electrons. The second kappa shape index (κ2) is 6.31. The summed E-state index contributed by atoms with van der Waals surface area (Å²) in [5.74, 6) is -16.8. The van der Waals surface area contributed by atoms with Crippen LogP contribution in [-0.4, -0.2) is 23.9 Å². The van der Waals surface area contributed by atoms with E-state index in [0.717, 1.165) is 0 Å². The molecule has 0 heterocycles. The fourth-order valence-electron chi connectivity index (χ4n) is 1.41. The summed E-state index contributed by atoms with van der Waals surface area (Å²) < 4.78 is 142. The third-order valence-electron chi connectivity index (χ3n) is 2.73. The van der Waals surface area contributed by atoms with Gasteiger partial charge in [0.05, 0.1) is 5.56 Å².